The lowest BCUT2D eigenvalue weighted by molar-refractivity contribution is 0.343. The van der Waals surface area contributed by atoms with Crippen molar-refractivity contribution in [3.63, 3.8) is 0 Å². The molecule has 0 aromatic heterocycles. The molecule has 1 aromatic carbocycles. The van der Waals surface area contributed by atoms with Gasteiger partial charge < -0.3 is 10.2 Å². The Balaban J connectivity index is 2.93. The van der Waals surface area contributed by atoms with Gasteiger partial charge in [-0.15, -0.1) is 11.8 Å². The smallest absolute Gasteiger partial charge is 0.0759 e. The van der Waals surface area contributed by atoms with Crippen LogP contribution in [-0.2, 0) is 0 Å². The summed E-state index contributed by atoms with van der Waals surface area (Å²) in [6, 6.07) is 6.51. The van der Waals surface area contributed by atoms with Crippen LogP contribution in [0.2, 0.25) is 0 Å². The largest absolute Gasteiger partial charge is 0.378 e. The van der Waals surface area contributed by atoms with Crippen molar-refractivity contribution in [2.24, 2.45) is 0 Å². The highest BCUT2D eigenvalue weighted by molar-refractivity contribution is 7.98. The van der Waals surface area contributed by atoms with Gasteiger partial charge in [-0.2, -0.15) is 0 Å². The number of hydrogen-bond acceptors (Lipinski definition) is 4. The average Bonchev–Trinajstić information content (AvgIpc) is 2.28. The third-order valence-corrected chi connectivity index (χ3v) is 3.62. The van der Waals surface area contributed by atoms with Gasteiger partial charge in [0.05, 0.1) is 6.17 Å². The van der Waals surface area contributed by atoms with Crippen LogP contribution >= 0.6 is 11.8 Å². The molecule has 1 rings (SSSR count). The summed E-state index contributed by atoms with van der Waals surface area (Å²) in [5.74, 6) is 0. The van der Waals surface area contributed by atoms with Gasteiger partial charge in [-0.1, -0.05) is 0 Å². The van der Waals surface area contributed by atoms with Crippen LogP contribution in [0.5, 0.6) is 0 Å². The Hall–Kier alpha value is -0.870. The van der Waals surface area contributed by atoms with Gasteiger partial charge in [-0.05, 0) is 45.5 Å². The fourth-order valence-corrected chi connectivity index (χ4v) is 2.02. The first-order valence-corrected chi connectivity index (χ1v) is 6.96. The Morgan fingerprint density at radius 3 is 2.29 bits per heavy atom. The molecule has 0 amide bonds. The normalized spacial score (nSPS) is 12.6. The van der Waals surface area contributed by atoms with Gasteiger partial charge in [0, 0.05) is 30.4 Å². The van der Waals surface area contributed by atoms with Crippen LogP contribution in [0.3, 0.4) is 0 Å². The Morgan fingerprint density at radius 2 is 1.82 bits per heavy atom. The lowest BCUT2D eigenvalue weighted by atomic mass is 10.2. The molecule has 96 valence electrons. The topological polar surface area (TPSA) is 18.5 Å². The lowest BCUT2D eigenvalue weighted by Gasteiger charge is -2.24. The van der Waals surface area contributed by atoms with Gasteiger partial charge in [0.1, 0.15) is 0 Å². The molecule has 0 aliphatic carbocycles. The van der Waals surface area contributed by atoms with Crippen molar-refractivity contribution in [3.8, 4) is 0 Å². The molecule has 0 bridgehead atoms. The summed E-state index contributed by atoms with van der Waals surface area (Å²) in [4.78, 5) is 5.56. The number of rotatable bonds is 5. The van der Waals surface area contributed by atoms with Gasteiger partial charge in [0.25, 0.3) is 0 Å². The lowest BCUT2D eigenvalue weighted by Crippen LogP contribution is -2.32. The van der Waals surface area contributed by atoms with Gasteiger partial charge in [0.15, 0.2) is 0 Å². The van der Waals surface area contributed by atoms with Gasteiger partial charge in [-0.25, -0.2) is 0 Å². The van der Waals surface area contributed by atoms with E-state index in [-0.39, 0.29) is 0 Å². The van der Waals surface area contributed by atoms with Crippen molar-refractivity contribution in [1.82, 2.24) is 4.90 Å². The van der Waals surface area contributed by atoms with E-state index in [4.69, 9.17) is 0 Å². The van der Waals surface area contributed by atoms with Crippen molar-refractivity contribution in [2.75, 3.05) is 44.7 Å². The molecule has 1 N–H and O–H groups in total. The van der Waals surface area contributed by atoms with Crippen LogP contribution in [0.15, 0.2) is 23.1 Å². The summed E-state index contributed by atoms with van der Waals surface area (Å²) in [5.41, 5.74) is 2.43. The number of nitrogens with one attached hydrogen (secondary N) is 1. The Bertz CT molecular complexity index is 364. The van der Waals surface area contributed by atoms with Gasteiger partial charge in [-0.3, -0.25) is 4.90 Å². The maximum Gasteiger partial charge on any atom is 0.0759 e. The molecule has 1 atom stereocenters. The molecule has 0 aliphatic rings. The Kier molecular flexibility index (Phi) is 5.15. The van der Waals surface area contributed by atoms with E-state index in [1.54, 1.807) is 11.8 Å². The number of hydrogen-bond donors (Lipinski definition) is 1. The predicted molar refractivity (Wildman–Crippen MR) is 79.3 cm³/mol. The van der Waals surface area contributed by atoms with Crippen molar-refractivity contribution in [3.05, 3.63) is 18.2 Å². The second-order valence-corrected chi connectivity index (χ2v) is 5.41. The monoisotopic (exact) mass is 253 g/mol. The summed E-state index contributed by atoms with van der Waals surface area (Å²) in [6.07, 6.45) is 2.44. The van der Waals surface area contributed by atoms with Crippen molar-refractivity contribution in [1.29, 1.82) is 0 Å². The van der Waals surface area contributed by atoms with E-state index in [1.807, 2.05) is 0 Å². The number of benzene rings is 1. The summed E-state index contributed by atoms with van der Waals surface area (Å²) >= 11 is 1.77. The number of anilines is 2. The Morgan fingerprint density at radius 1 is 1.18 bits per heavy atom. The second-order valence-electron chi connectivity index (χ2n) is 4.56. The molecule has 17 heavy (non-hydrogen) atoms. The third kappa shape index (κ3) is 3.82. The standard InChI is InChI=1S/C13H23N3S/c1-10(15(2)3)14-12-8-7-11(16(4)5)9-13(12)17-6/h7-10,14H,1-6H3. The SMILES string of the molecule is CSc1cc(N(C)C)ccc1NC(C)N(C)C. The van der Waals surface area contributed by atoms with Crippen molar-refractivity contribution < 1.29 is 0 Å². The third-order valence-electron chi connectivity index (χ3n) is 2.84. The second kappa shape index (κ2) is 6.17. The molecule has 0 saturated carbocycles. The zero-order valence-electron chi connectivity index (χ0n) is 11.6. The number of nitrogens with zero attached hydrogens (tertiary/aromatic N) is 2. The van der Waals surface area contributed by atoms with Crippen LogP contribution in [0.25, 0.3) is 0 Å². The molecule has 1 aromatic rings. The van der Waals surface area contributed by atoms with E-state index < -0.39 is 0 Å². The van der Waals surface area contributed by atoms with E-state index >= 15 is 0 Å². The molecule has 4 heteroatoms. The molecule has 0 radical (unpaired) electrons. The maximum absolute atomic E-state index is 3.51. The fraction of sp³-hybridized carbons (Fsp3) is 0.538. The summed E-state index contributed by atoms with van der Waals surface area (Å²) in [6.45, 7) is 2.16. The van der Waals surface area contributed by atoms with Crippen LogP contribution in [0, 0.1) is 0 Å². The molecule has 3 nitrogen and oxygen atoms in total. The van der Waals surface area contributed by atoms with Crippen LogP contribution in [0.1, 0.15) is 6.92 Å². The van der Waals surface area contributed by atoms with Gasteiger partial charge >= 0.3 is 0 Å². The van der Waals surface area contributed by atoms with E-state index in [2.05, 4.69) is 74.7 Å². The zero-order chi connectivity index (χ0) is 13.0. The van der Waals surface area contributed by atoms with E-state index in [0.29, 0.717) is 6.17 Å². The highest BCUT2D eigenvalue weighted by Crippen LogP contribution is 2.30. The summed E-state index contributed by atoms with van der Waals surface area (Å²) in [7, 11) is 8.28. The fourth-order valence-electron chi connectivity index (χ4n) is 1.43. The van der Waals surface area contributed by atoms with Crippen molar-refractivity contribution in [2.45, 2.75) is 18.0 Å². The molecule has 0 heterocycles. The predicted octanol–water partition coefficient (Wildman–Crippen LogP) is 2.79. The molecule has 0 saturated heterocycles. The van der Waals surface area contributed by atoms with Gasteiger partial charge in [0.2, 0.25) is 0 Å². The maximum atomic E-state index is 3.51. The molecular formula is C13H23N3S. The van der Waals surface area contributed by atoms with Crippen molar-refractivity contribution >= 4 is 23.1 Å². The first-order chi connectivity index (χ1) is 7.95. The van der Waals surface area contributed by atoms with Crippen LogP contribution in [-0.4, -0.2) is 45.5 Å². The highest BCUT2D eigenvalue weighted by Gasteiger charge is 2.08. The molecule has 1 unspecified atom stereocenters. The van der Waals surface area contributed by atoms with E-state index in [0.717, 1.165) is 0 Å². The number of thioether (sulfide) groups is 1. The quantitative estimate of drug-likeness (QED) is 0.642. The average molecular weight is 253 g/mol. The Labute approximate surface area is 109 Å². The van der Waals surface area contributed by atoms with E-state index in [1.165, 1.54) is 16.3 Å². The molecule has 0 fully saturated rings. The summed E-state index contributed by atoms with van der Waals surface area (Å²) < 4.78 is 0. The van der Waals surface area contributed by atoms with E-state index in [9.17, 15) is 0 Å². The first kappa shape index (κ1) is 14.2. The first-order valence-electron chi connectivity index (χ1n) is 5.74. The molecule has 0 aliphatic heterocycles. The summed E-state index contributed by atoms with van der Waals surface area (Å²) in [5, 5.41) is 3.51. The molecule has 0 spiro atoms. The minimum absolute atomic E-state index is 0.325. The zero-order valence-corrected chi connectivity index (χ0v) is 12.4. The highest BCUT2D eigenvalue weighted by atomic mass is 32.2. The molecular weight excluding hydrogens is 230 g/mol. The minimum atomic E-state index is 0.325. The van der Waals surface area contributed by atoms with Crippen LogP contribution in [0.4, 0.5) is 11.4 Å². The minimum Gasteiger partial charge on any atom is -0.378 e. The van der Waals surface area contributed by atoms with Crippen LogP contribution < -0.4 is 10.2 Å².